The minimum Gasteiger partial charge on any atom is -0.492 e. The van der Waals surface area contributed by atoms with E-state index in [4.69, 9.17) is 14.7 Å². The molecule has 35 heavy (non-hydrogen) atoms. The molecule has 4 bridgehead atoms. The highest BCUT2D eigenvalue weighted by atomic mass is 32.2. The summed E-state index contributed by atoms with van der Waals surface area (Å²) >= 11 is 3.32. The van der Waals surface area contributed by atoms with Crippen LogP contribution in [0.5, 0.6) is 5.75 Å². The van der Waals surface area contributed by atoms with Crippen molar-refractivity contribution in [2.24, 2.45) is 17.8 Å². The number of thioether (sulfide) groups is 1. The lowest BCUT2D eigenvalue weighted by Crippen LogP contribution is -2.49. The highest BCUT2D eigenvalue weighted by Crippen LogP contribution is 2.60. The van der Waals surface area contributed by atoms with Crippen molar-refractivity contribution in [3.8, 4) is 5.75 Å². The average molecular weight is 508 g/mol. The summed E-state index contributed by atoms with van der Waals surface area (Å²) in [5, 5.41) is 5.13. The fourth-order valence-electron chi connectivity index (χ4n) is 7.11. The molecule has 4 aliphatic carbocycles. The number of carbonyl (C=O) groups excluding carboxylic acids is 1. The van der Waals surface area contributed by atoms with Crippen LogP contribution in [0.3, 0.4) is 0 Å². The SMILES string of the molecule is CCOc1ccccc1NC(=O)CSc1nc(C23CC4CC(CC(C4)C2)C3)nc2sc(C)c(C)c12. The number of para-hydroxylation sites is 2. The number of aromatic nitrogens is 2. The summed E-state index contributed by atoms with van der Waals surface area (Å²) in [5.74, 6) is 4.55. The molecule has 3 aromatic rings. The van der Waals surface area contributed by atoms with E-state index in [1.54, 1.807) is 23.1 Å². The number of anilines is 1. The van der Waals surface area contributed by atoms with Crippen molar-refractivity contribution in [2.45, 2.75) is 69.7 Å². The number of hydrogen-bond donors (Lipinski definition) is 1. The third kappa shape index (κ3) is 4.25. The standard InChI is InChI=1S/C28H33N3O2S2/c1-4-33-22-8-6-5-7-21(22)29-23(32)15-34-25-24-16(2)17(3)35-26(24)31-27(30-25)28-12-18-9-19(13-28)11-20(10-18)14-28/h5-8,18-20H,4,9-15H2,1-3H3,(H,29,32). The molecular weight excluding hydrogens is 474 g/mol. The second-order valence-electron chi connectivity index (χ2n) is 10.8. The first-order valence-electron chi connectivity index (χ1n) is 12.9. The maximum Gasteiger partial charge on any atom is 0.234 e. The zero-order valence-corrected chi connectivity index (χ0v) is 22.4. The molecule has 5 nitrogen and oxygen atoms in total. The number of hydrogen-bond acceptors (Lipinski definition) is 6. The summed E-state index contributed by atoms with van der Waals surface area (Å²) in [4.78, 5) is 25.8. The Morgan fingerprint density at radius 1 is 1.11 bits per heavy atom. The van der Waals surface area contributed by atoms with Crippen LogP contribution < -0.4 is 10.1 Å². The molecule has 0 radical (unpaired) electrons. The number of aryl methyl sites for hydroxylation is 2. The summed E-state index contributed by atoms with van der Waals surface area (Å²) in [5.41, 5.74) is 2.10. The van der Waals surface area contributed by atoms with Gasteiger partial charge in [-0.3, -0.25) is 4.79 Å². The van der Waals surface area contributed by atoms with Crippen LogP contribution in [0.4, 0.5) is 5.69 Å². The van der Waals surface area contributed by atoms with Crippen LogP contribution in [0.25, 0.3) is 10.2 Å². The lowest BCUT2D eigenvalue weighted by atomic mass is 9.49. The van der Waals surface area contributed by atoms with Crippen molar-refractivity contribution in [2.75, 3.05) is 17.7 Å². The number of rotatable bonds is 7. The Morgan fingerprint density at radius 3 is 2.49 bits per heavy atom. The lowest BCUT2D eigenvalue weighted by molar-refractivity contribution is -0.113. The maximum absolute atomic E-state index is 12.9. The lowest BCUT2D eigenvalue weighted by Gasteiger charge is -2.56. The number of amides is 1. The van der Waals surface area contributed by atoms with Crippen LogP contribution in [0.2, 0.25) is 0 Å². The summed E-state index contributed by atoms with van der Waals surface area (Å²) in [6.45, 7) is 6.83. The van der Waals surface area contributed by atoms with E-state index in [2.05, 4.69) is 19.2 Å². The molecule has 0 atom stereocenters. The first kappa shape index (κ1) is 23.3. The Balaban J connectivity index is 1.29. The van der Waals surface area contributed by atoms with Crippen LogP contribution in [-0.4, -0.2) is 28.2 Å². The molecule has 2 heterocycles. The van der Waals surface area contributed by atoms with Crippen molar-refractivity contribution < 1.29 is 9.53 Å². The normalized spacial score (nSPS) is 26.9. The van der Waals surface area contributed by atoms with Gasteiger partial charge in [0.2, 0.25) is 5.91 Å². The number of ether oxygens (including phenoxy) is 1. The minimum atomic E-state index is -0.0464. The third-order valence-electron chi connectivity index (χ3n) is 8.31. The van der Waals surface area contributed by atoms with Gasteiger partial charge >= 0.3 is 0 Å². The monoisotopic (exact) mass is 507 g/mol. The summed E-state index contributed by atoms with van der Waals surface area (Å²) < 4.78 is 5.67. The van der Waals surface area contributed by atoms with Gasteiger partial charge in [-0.2, -0.15) is 0 Å². The first-order valence-corrected chi connectivity index (χ1v) is 14.7. The van der Waals surface area contributed by atoms with Crippen LogP contribution in [0.15, 0.2) is 29.3 Å². The second-order valence-corrected chi connectivity index (χ2v) is 12.9. The molecule has 1 amide bonds. The first-order chi connectivity index (χ1) is 16.9. The molecular formula is C28H33N3O2S2. The molecule has 2 aromatic heterocycles. The molecule has 7 heteroatoms. The molecule has 4 aliphatic rings. The smallest absolute Gasteiger partial charge is 0.234 e. The zero-order valence-electron chi connectivity index (χ0n) is 20.7. The van der Waals surface area contributed by atoms with Crippen LogP contribution in [0.1, 0.15) is 61.7 Å². The molecule has 184 valence electrons. The molecule has 1 aromatic carbocycles. The second kappa shape index (κ2) is 9.07. The summed E-state index contributed by atoms with van der Waals surface area (Å²) in [6.07, 6.45) is 7.95. The van der Waals surface area contributed by atoms with Gasteiger partial charge in [0.1, 0.15) is 21.4 Å². The third-order valence-corrected chi connectivity index (χ3v) is 10.4. The number of fused-ring (bicyclic) bond motifs is 1. The zero-order chi connectivity index (χ0) is 24.2. The van der Waals surface area contributed by atoms with Gasteiger partial charge in [-0.05, 0) is 94.7 Å². The van der Waals surface area contributed by atoms with E-state index in [1.807, 2.05) is 31.2 Å². The molecule has 4 fully saturated rings. The predicted octanol–water partition coefficient (Wildman–Crippen LogP) is 6.91. The number of thiophene rings is 1. The molecule has 0 unspecified atom stereocenters. The van der Waals surface area contributed by atoms with Crippen molar-refractivity contribution in [3.63, 3.8) is 0 Å². The average Bonchev–Trinajstić information content (AvgIpc) is 3.11. The van der Waals surface area contributed by atoms with Gasteiger partial charge in [-0.25, -0.2) is 9.97 Å². The van der Waals surface area contributed by atoms with Gasteiger partial charge in [-0.15, -0.1) is 11.3 Å². The Bertz CT molecular complexity index is 1250. The molecule has 1 N–H and O–H groups in total. The number of benzene rings is 1. The fraction of sp³-hybridized carbons (Fsp3) is 0.536. The fourth-order valence-corrected chi connectivity index (χ4v) is 9.09. The van der Waals surface area contributed by atoms with Gasteiger partial charge < -0.3 is 10.1 Å². The van der Waals surface area contributed by atoms with Crippen LogP contribution in [-0.2, 0) is 10.2 Å². The van der Waals surface area contributed by atoms with E-state index in [9.17, 15) is 4.79 Å². The Morgan fingerprint density at radius 2 is 1.80 bits per heavy atom. The molecule has 7 rings (SSSR count). The van der Waals surface area contributed by atoms with Gasteiger partial charge in [0, 0.05) is 15.7 Å². The van der Waals surface area contributed by atoms with E-state index >= 15 is 0 Å². The molecule has 4 saturated carbocycles. The number of nitrogens with one attached hydrogen (secondary N) is 1. The van der Waals surface area contributed by atoms with Gasteiger partial charge in [-0.1, -0.05) is 23.9 Å². The van der Waals surface area contributed by atoms with Crippen molar-refractivity contribution >= 4 is 44.9 Å². The van der Waals surface area contributed by atoms with E-state index in [0.29, 0.717) is 23.8 Å². The summed E-state index contributed by atoms with van der Waals surface area (Å²) in [7, 11) is 0. The molecule has 0 aliphatic heterocycles. The highest BCUT2D eigenvalue weighted by molar-refractivity contribution is 8.00. The Kier molecular flexibility index (Phi) is 6.04. The van der Waals surface area contributed by atoms with Crippen molar-refractivity contribution in [1.29, 1.82) is 0 Å². The topological polar surface area (TPSA) is 64.1 Å². The Labute approximate surface area is 215 Å². The van der Waals surface area contributed by atoms with E-state index < -0.39 is 0 Å². The van der Waals surface area contributed by atoms with Crippen molar-refractivity contribution in [3.05, 3.63) is 40.5 Å². The van der Waals surface area contributed by atoms with E-state index in [-0.39, 0.29) is 11.3 Å². The quantitative estimate of drug-likeness (QED) is 0.278. The minimum absolute atomic E-state index is 0.0464. The van der Waals surface area contributed by atoms with E-state index in [1.165, 1.54) is 49.0 Å². The Hall–Kier alpha value is -2.12. The maximum atomic E-state index is 12.9. The van der Waals surface area contributed by atoms with Crippen LogP contribution >= 0.6 is 23.1 Å². The van der Waals surface area contributed by atoms with Gasteiger partial charge in [0.05, 0.1) is 18.0 Å². The van der Waals surface area contributed by atoms with Gasteiger partial charge in [0.15, 0.2) is 0 Å². The largest absolute Gasteiger partial charge is 0.492 e. The number of nitrogens with zero attached hydrogens (tertiary/aromatic N) is 2. The summed E-state index contributed by atoms with van der Waals surface area (Å²) in [6, 6.07) is 7.60. The predicted molar refractivity (Wildman–Crippen MR) is 144 cm³/mol. The molecule has 0 spiro atoms. The van der Waals surface area contributed by atoms with Crippen LogP contribution in [0, 0.1) is 31.6 Å². The van der Waals surface area contributed by atoms with Gasteiger partial charge in [0.25, 0.3) is 0 Å². The van der Waals surface area contributed by atoms with E-state index in [0.717, 1.165) is 38.8 Å². The molecule has 0 saturated heterocycles. The highest BCUT2D eigenvalue weighted by Gasteiger charge is 2.53. The number of carbonyl (C=O) groups is 1. The van der Waals surface area contributed by atoms with Crippen molar-refractivity contribution in [1.82, 2.24) is 9.97 Å².